The Labute approximate surface area is 194 Å². The van der Waals surface area contributed by atoms with Crippen molar-refractivity contribution in [3.8, 4) is 5.82 Å². The third kappa shape index (κ3) is 4.40. The Morgan fingerprint density at radius 1 is 1.41 bits per heavy atom. The fourth-order valence-electron chi connectivity index (χ4n) is 3.36. The molecule has 32 heavy (non-hydrogen) atoms. The second-order valence-corrected chi connectivity index (χ2v) is 8.83. The summed E-state index contributed by atoms with van der Waals surface area (Å²) in [6.45, 7) is 6.91. The number of halogens is 2. The zero-order valence-electron chi connectivity index (χ0n) is 16.5. The number of hydrogen-bond acceptors (Lipinski definition) is 9. The molecule has 4 rings (SSSR count). The first-order valence-electron chi connectivity index (χ1n) is 9.24. The Hall–Kier alpha value is -2.41. The van der Waals surface area contributed by atoms with Gasteiger partial charge in [-0.1, -0.05) is 11.8 Å². The Bertz CT molecular complexity index is 1140. The van der Waals surface area contributed by atoms with Crippen molar-refractivity contribution in [2.24, 2.45) is 0 Å². The number of rotatable bonds is 6. The first-order chi connectivity index (χ1) is 15.4. The number of hydrogen-bond donors (Lipinski definition) is 2. The maximum Gasteiger partial charge on any atom is 0.283 e. The Morgan fingerprint density at radius 3 is 2.88 bits per heavy atom. The molecule has 2 unspecified atom stereocenters. The maximum atomic E-state index is 13.3. The van der Waals surface area contributed by atoms with E-state index in [1.54, 1.807) is 6.07 Å². The molecule has 0 radical (unpaired) electrons. The maximum absolute atomic E-state index is 13.3. The largest absolute Gasteiger partial charge is 0.394 e. The smallest absolute Gasteiger partial charge is 0.283 e. The van der Waals surface area contributed by atoms with Gasteiger partial charge in [-0.15, -0.1) is 21.8 Å². The molecule has 0 spiro atoms. The molecule has 3 aromatic heterocycles. The quantitative estimate of drug-likeness (QED) is 0.462. The lowest BCUT2D eigenvalue weighted by atomic mass is 9.97. The highest BCUT2D eigenvalue weighted by atomic mass is 79.9. The van der Waals surface area contributed by atoms with Gasteiger partial charge in [0.05, 0.1) is 29.7 Å². The van der Waals surface area contributed by atoms with Crippen LogP contribution in [0.4, 0.5) is 10.2 Å². The lowest BCUT2D eigenvalue weighted by Crippen LogP contribution is -2.55. The molecule has 14 heteroatoms. The molecule has 0 saturated carbocycles. The van der Waals surface area contributed by atoms with E-state index < -0.39 is 42.2 Å². The van der Waals surface area contributed by atoms with Gasteiger partial charge in [-0.25, -0.2) is 13.8 Å². The van der Waals surface area contributed by atoms with Crippen LogP contribution in [-0.2, 0) is 9.47 Å². The van der Waals surface area contributed by atoms with Crippen LogP contribution in [0.15, 0.2) is 40.2 Å². The van der Waals surface area contributed by atoms with Gasteiger partial charge in [-0.05, 0) is 22.0 Å². The van der Waals surface area contributed by atoms with Crippen LogP contribution in [0, 0.1) is 12.4 Å². The minimum atomic E-state index is -1.19. The van der Waals surface area contributed by atoms with E-state index in [2.05, 4.69) is 41.2 Å². The van der Waals surface area contributed by atoms with Crippen LogP contribution in [0.5, 0.6) is 0 Å². The number of aliphatic hydroxyl groups excluding tert-OH is 2. The van der Waals surface area contributed by atoms with E-state index in [4.69, 9.17) is 16.0 Å². The molecule has 4 heterocycles. The molecule has 1 aliphatic heterocycles. The summed E-state index contributed by atoms with van der Waals surface area (Å²) in [4.78, 5) is 8.07. The predicted octanol–water partition coefficient (Wildman–Crippen LogP) is 1.74. The molecule has 5 atom stereocenters. The Balaban J connectivity index is 1.68. The summed E-state index contributed by atoms with van der Waals surface area (Å²) in [6.07, 6.45) is 2.30. The molecule has 3 aromatic rings. The fraction of sp³-hybridized carbons (Fsp3) is 0.389. The van der Waals surface area contributed by atoms with Gasteiger partial charge in [-0.3, -0.25) is 0 Å². The zero-order chi connectivity index (χ0) is 22.8. The van der Waals surface area contributed by atoms with Crippen molar-refractivity contribution in [1.82, 2.24) is 29.8 Å². The van der Waals surface area contributed by atoms with Gasteiger partial charge in [0.15, 0.2) is 11.6 Å². The molecular formula is C18H17BrFN7O4S. The van der Waals surface area contributed by atoms with E-state index in [0.29, 0.717) is 9.37 Å². The minimum absolute atomic E-state index is 0.184. The van der Waals surface area contributed by atoms with Gasteiger partial charge >= 0.3 is 0 Å². The van der Waals surface area contributed by atoms with Crippen molar-refractivity contribution in [3.05, 3.63) is 52.6 Å². The van der Waals surface area contributed by atoms with Crippen molar-refractivity contribution in [2.45, 2.75) is 34.7 Å². The van der Waals surface area contributed by atoms with Crippen LogP contribution in [0.25, 0.3) is 10.7 Å². The second-order valence-electron chi connectivity index (χ2n) is 6.77. The number of methoxy groups -OCH3 is 1. The monoisotopic (exact) mass is 525 g/mol. The summed E-state index contributed by atoms with van der Waals surface area (Å²) in [5.41, 5.74) is -0.725. The summed E-state index contributed by atoms with van der Waals surface area (Å²) < 4.78 is 28.2. The van der Waals surface area contributed by atoms with Crippen molar-refractivity contribution >= 4 is 33.5 Å². The van der Waals surface area contributed by atoms with E-state index in [1.807, 2.05) is 0 Å². The number of aromatic nitrogens is 6. The van der Waals surface area contributed by atoms with Crippen molar-refractivity contribution < 1.29 is 24.1 Å². The van der Waals surface area contributed by atoms with E-state index in [1.165, 1.54) is 40.6 Å². The average molecular weight is 526 g/mol. The predicted molar refractivity (Wildman–Crippen MR) is 113 cm³/mol. The molecular weight excluding hydrogens is 509 g/mol. The highest BCUT2D eigenvalue weighted by Gasteiger charge is 2.47. The first kappa shape index (κ1) is 22.8. The van der Waals surface area contributed by atoms with Crippen molar-refractivity contribution in [2.75, 3.05) is 13.7 Å². The number of pyridine rings is 1. The minimum Gasteiger partial charge on any atom is -0.394 e. The number of nitrogens with zero attached hydrogens (tertiary/aromatic N) is 7. The second kappa shape index (κ2) is 9.61. The summed E-state index contributed by atoms with van der Waals surface area (Å²) in [5.74, 6) is -0.113. The van der Waals surface area contributed by atoms with Gasteiger partial charge in [0, 0.05) is 12.0 Å². The molecule has 168 valence electrons. The highest BCUT2D eigenvalue weighted by Crippen LogP contribution is 2.42. The number of aliphatic hydroxyl groups is 2. The Kier molecular flexibility index (Phi) is 6.84. The zero-order valence-corrected chi connectivity index (χ0v) is 18.9. The molecule has 1 aliphatic rings. The van der Waals surface area contributed by atoms with Crippen LogP contribution >= 0.6 is 27.7 Å². The van der Waals surface area contributed by atoms with Gasteiger partial charge in [-0.2, -0.15) is 5.10 Å². The lowest BCUT2D eigenvalue weighted by molar-refractivity contribution is -0.186. The van der Waals surface area contributed by atoms with E-state index >= 15 is 0 Å². The van der Waals surface area contributed by atoms with Gasteiger partial charge < -0.3 is 24.5 Å². The summed E-state index contributed by atoms with van der Waals surface area (Å²) >= 11 is 4.53. The van der Waals surface area contributed by atoms with Crippen LogP contribution in [0.1, 0.15) is 6.04 Å². The third-order valence-electron chi connectivity index (χ3n) is 4.83. The Morgan fingerprint density at radius 2 is 2.22 bits per heavy atom. The molecule has 2 N–H and O–H groups in total. The van der Waals surface area contributed by atoms with Crippen molar-refractivity contribution in [3.63, 3.8) is 0 Å². The van der Waals surface area contributed by atoms with Gasteiger partial charge in [0.25, 0.3) is 5.82 Å². The highest BCUT2D eigenvalue weighted by molar-refractivity contribution is 9.10. The van der Waals surface area contributed by atoms with E-state index in [9.17, 15) is 14.6 Å². The number of ether oxygens (including phenoxy) is 2. The lowest BCUT2D eigenvalue weighted by Gasteiger charge is -2.43. The molecule has 11 nitrogen and oxygen atoms in total. The average Bonchev–Trinajstić information content (AvgIpc) is 3.43. The summed E-state index contributed by atoms with van der Waals surface area (Å²) in [6, 6.07) is 0.927. The SMILES string of the molecule is [C-]#[N+]c1ncc(Br)cc1S[C@H]1OC(CO)[C@H](O)[C@H](n2cc(-n3cc(F)cn3)nn2)C1OC. The van der Waals surface area contributed by atoms with Crippen LogP contribution < -0.4 is 0 Å². The normalized spacial score (nSPS) is 25.6. The van der Waals surface area contributed by atoms with Gasteiger partial charge in [0.2, 0.25) is 0 Å². The van der Waals surface area contributed by atoms with Crippen LogP contribution in [-0.4, -0.2) is 77.4 Å². The topological polar surface area (TPSA) is 125 Å². The van der Waals surface area contributed by atoms with Crippen LogP contribution in [0.2, 0.25) is 0 Å². The molecule has 0 amide bonds. The summed E-state index contributed by atoms with van der Waals surface area (Å²) in [5, 5.41) is 32.6. The molecule has 1 saturated heterocycles. The third-order valence-corrected chi connectivity index (χ3v) is 6.43. The van der Waals surface area contributed by atoms with E-state index in [-0.39, 0.29) is 11.6 Å². The van der Waals surface area contributed by atoms with Crippen molar-refractivity contribution in [1.29, 1.82) is 0 Å². The standard InChI is InChI=1S/C18H17BrFN7O4S/c1-21-17-12(3-9(19)4-22-17)32-18-16(30-2)14(15(29)11(8-28)31-18)27-7-13(24-25-27)26-6-10(20)5-23-26/h3-7,11,14-16,18,28-29H,8H2,2H3/t11?,14-,15-,16?,18+/m0/s1. The molecule has 0 aromatic carbocycles. The summed E-state index contributed by atoms with van der Waals surface area (Å²) in [7, 11) is 1.45. The van der Waals surface area contributed by atoms with E-state index in [0.717, 1.165) is 12.4 Å². The molecule has 0 bridgehead atoms. The van der Waals surface area contributed by atoms with Crippen LogP contribution in [0.3, 0.4) is 0 Å². The fourth-order valence-corrected chi connectivity index (χ4v) is 5.10. The van der Waals surface area contributed by atoms with Gasteiger partial charge in [0.1, 0.15) is 36.0 Å². The molecule has 1 fully saturated rings. The molecule has 0 aliphatic carbocycles. The first-order valence-corrected chi connectivity index (χ1v) is 10.9. The number of thioether (sulfide) groups is 1.